The van der Waals surface area contributed by atoms with Gasteiger partial charge in [0, 0.05) is 18.0 Å². The van der Waals surface area contributed by atoms with Crippen molar-refractivity contribution in [1.29, 1.82) is 0 Å². The molecule has 1 N–H and O–H groups in total. The number of nitrogens with one attached hydrogen (secondary N) is 1. The summed E-state index contributed by atoms with van der Waals surface area (Å²) in [7, 11) is 0. The van der Waals surface area contributed by atoms with E-state index in [0.29, 0.717) is 17.5 Å². The Morgan fingerprint density at radius 1 is 1.50 bits per heavy atom. The topological polar surface area (TPSA) is 21.3 Å². The van der Waals surface area contributed by atoms with Crippen molar-refractivity contribution >= 4 is 11.6 Å². The number of halogens is 1. The van der Waals surface area contributed by atoms with E-state index in [0.717, 1.165) is 26.0 Å². The quantitative estimate of drug-likeness (QED) is 0.529. The van der Waals surface area contributed by atoms with Gasteiger partial charge in [0.05, 0.1) is 12.7 Å². The maximum atomic E-state index is 5.84. The Kier molecular flexibility index (Phi) is 4.33. The summed E-state index contributed by atoms with van der Waals surface area (Å²) < 4.78 is 5.39. The van der Waals surface area contributed by atoms with E-state index in [9.17, 15) is 0 Å². The van der Waals surface area contributed by atoms with Gasteiger partial charge in [-0.25, -0.2) is 0 Å². The third kappa shape index (κ3) is 3.74. The highest BCUT2D eigenvalue weighted by molar-refractivity contribution is 6.21. The molecule has 0 amide bonds. The van der Waals surface area contributed by atoms with Crippen LogP contribution < -0.4 is 5.32 Å². The Labute approximate surface area is 79.6 Å². The Hall–Kier alpha value is 0.210. The average molecular weight is 192 g/mol. The summed E-state index contributed by atoms with van der Waals surface area (Å²) in [5.74, 6) is 0. The van der Waals surface area contributed by atoms with E-state index in [2.05, 4.69) is 19.2 Å². The molecular weight excluding hydrogens is 174 g/mol. The van der Waals surface area contributed by atoms with Gasteiger partial charge in [0.1, 0.15) is 0 Å². The number of alkyl halides is 1. The molecule has 0 aromatic rings. The van der Waals surface area contributed by atoms with Gasteiger partial charge < -0.3 is 10.1 Å². The zero-order chi connectivity index (χ0) is 8.97. The molecule has 0 aromatic carbocycles. The van der Waals surface area contributed by atoms with Gasteiger partial charge in [-0.2, -0.15) is 0 Å². The fraction of sp³-hybridized carbons (Fsp3) is 1.00. The fourth-order valence-electron chi connectivity index (χ4n) is 1.27. The van der Waals surface area contributed by atoms with E-state index in [-0.39, 0.29) is 0 Å². The summed E-state index contributed by atoms with van der Waals surface area (Å²) in [6.45, 7) is 5.86. The van der Waals surface area contributed by atoms with Gasteiger partial charge in [0.15, 0.2) is 0 Å². The molecule has 0 aromatic heterocycles. The smallest absolute Gasteiger partial charge is 0.0594 e. The van der Waals surface area contributed by atoms with E-state index in [1.807, 2.05) is 0 Å². The lowest BCUT2D eigenvalue weighted by atomic mass is 9.92. The molecule has 0 radical (unpaired) electrons. The van der Waals surface area contributed by atoms with Crippen molar-refractivity contribution in [3.63, 3.8) is 0 Å². The summed E-state index contributed by atoms with van der Waals surface area (Å²) in [6, 6.07) is 0.642. The lowest BCUT2D eigenvalue weighted by Gasteiger charge is -2.31. The fourth-order valence-corrected chi connectivity index (χ4v) is 1.70. The van der Waals surface area contributed by atoms with Crippen molar-refractivity contribution in [3.05, 3.63) is 0 Å². The summed E-state index contributed by atoms with van der Waals surface area (Å²) in [6.07, 6.45) is 2.57. The second-order valence-corrected chi connectivity index (χ2v) is 4.26. The molecule has 3 heteroatoms. The van der Waals surface area contributed by atoms with E-state index >= 15 is 0 Å². The first-order chi connectivity index (χ1) is 5.68. The third-order valence-electron chi connectivity index (χ3n) is 2.07. The minimum atomic E-state index is 0.342. The van der Waals surface area contributed by atoms with Crippen molar-refractivity contribution in [2.75, 3.05) is 13.2 Å². The molecule has 1 fully saturated rings. The Bertz CT molecular complexity index is 124. The van der Waals surface area contributed by atoms with Crippen molar-refractivity contribution in [2.24, 2.45) is 0 Å². The van der Waals surface area contributed by atoms with Crippen LogP contribution in [0, 0.1) is 0 Å². The first-order valence-corrected chi connectivity index (χ1v) is 5.11. The molecule has 1 rings (SSSR count). The van der Waals surface area contributed by atoms with E-state index in [1.54, 1.807) is 0 Å². The highest BCUT2D eigenvalue weighted by Crippen LogP contribution is 2.24. The lowest BCUT2D eigenvalue weighted by Crippen LogP contribution is -2.43. The van der Waals surface area contributed by atoms with Crippen LogP contribution in [0.1, 0.15) is 26.7 Å². The largest absolute Gasteiger partial charge is 0.377 e. The van der Waals surface area contributed by atoms with Gasteiger partial charge in [0.25, 0.3) is 0 Å². The summed E-state index contributed by atoms with van der Waals surface area (Å²) in [5, 5.41) is 3.81. The van der Waals surface area contributed by atoms with Gasteiger partial charge in [-0.1, -0.05) is 0 Å². The van der Waals surface area contributed by atoms with Crippen molar-refractivity contribution in [2.45, 2.75) is 44.2 Å². The Morgan fingerprint density at radius 3 is 2.67 bits per heavy atom. The number of hydrogen-bond donors (Lipinski definition) is 1. The number of rotatable bonds is 5. The Morgan fingerprint density at radius 2 is 2.17 bits per heavy atom. The SMILES string of the molecule is CC(C)OCCNC1CC(Cl)C1. The zero-order valence-electron chi connectivity index (χ0n) is 7.85. The van der Waals surface area contributed by atoms with Gasteiger partial charge in [-0.15, -0.1) is 11.6 Å². The molecule has 72 valence electrons. The predicted octanol–water partition coefficient (Wildman–Crippen LogP) is 1.77. The molecule has 1 saturated carbocycles. The molecule has 0 bridgehead atoms. The zero-order valence-corrected chi connectivity index (χ0v) is 8.60. The van der Waals surface area contributed by atoms with Crippen LogP contribution in [0.2, 0.25) is 0 Å². The third-order valence-corrected chi connectivity index (χ3v) is 2.42. The average Bonchev–Trinajstić information content (AvgIpc) is 1.93. The molecule has 2 nitrogen and oxygen atoms in total. The molecule has 1 aliphatic carbocycles. The lowest BCUT2D eigenvalue weighted by molar-refractivity contribution is 0.0776. The minimum Gasteiger partial charge on any atom is -0.377 e. The summed E-state index contributed by atoms with van der Waals surface area (Å²) >= 11 is 5.84. The molecule has 0 saturated heterocycles. The molecule has 0 spiro atoms. The highest BCUT2D eigenvalue weighted by Gasteiger charge is 2.26. The van der Waals surface area contributed by atoms with Crippen LogP contribution in [-0.4, -0.2) is 30.7 Å². The predicted molar refractivity (Wildman–Crippen MR) is 51.8 cm³/mol. The maximum absolute atomic E-state index is 5.84. The molecule has 0 heterocycles. The summed E-state index contributed by atoms with van der Waals surface area (Å²) in [5.41, 5.74) is 0. The maximum Gasteiger partial charge on any atom is 0.0594 e. The van der Waals surface area contributed by atoms with Crippen LogP contribution >= 0.6 is 11.6 Å². The van der Waals surface area contributed by atoms with E-state index < -0.39 is 0 Å². The molecule has 0 aliphatic heterocycles. The van der Waals surface area contributed by atoms with Crippen molar-refractivity contribution < 1.29 is 4.74 Å². The van der Waals surface area contributed by atoms with Crippen LogP contribution in [0.15, 0.2) is 0 Å². The number of ether oxygens (including phenoxy) is 1. The second-order valence-electron chi connectivity index (χ2n) is 3.64. The van der Waals surface area contributed by atoms with Gasteiger partial charge in [-0.05, 0) is 26.7 Å². The number of hydrogen-bond acceptors (Lipinski definition) is 2. The normalized spacial score (nSPS) is 29.0. The first kappa shape index (κ1) is 10.3. The standard InChI is InChI=1S/C9H18ClNO/c1-7(2)12-4-3-11-9-5-8(10)6-9/h7-9,11H,3-6H2,1-2H3. The van der Waals surface area contributed by atoms with Crippen LogP contribution in [-0.2, 0) is 4.74 Å². The van der Waals surface area contributed by atoms with Gasteiger partial charge in [-0.3, -0.25) is 0 Å². The molecule has 1 aliphatic rings. The molecule has 0 unspecified atom stereocenters. The molecule has 0 atom stereocenters. The van der Waals surface area contributed by atoms with Crippen LogP contribution in [0.3, 0.4) is 0 Å². The first-order valence-electron chi connectivity index (χ1n) is 4.67. The van der Waals surface area contributed by atoms with Gasteiger partial charge >= 0.3 is 0 Å². The Balaban J connectivity index is 1.83. The minimum absolute atomic E-state index is 0.342. The van der Waals surface area contributed by atoms with Crippen molar-refractivity contribution in [3.8, 4) is 0 Å². The van der Waals surface area contributed by atoms with Crippen LogP contribution in [0.25, 0.3) is 0 Å². The highest BCUT2D eigenvalue weighted by atomic mass is 35.5. The van der Waals surface area contributed by atoms with Crippen LogP contribution in [0.5, 0.6) is 0 Å². The van der Waals surface area contributed by atoms with E-state index in [4.69, 9.17) is 16.3 Å². The van der Waals surface area contributed by atoms with Gasteiger partial charge in [0.2, 0.25) is 0 Å². The van der Waals surface area contributed by atoms with Crippen molar-refractivity contribution in [1.82, 2.24) is 5.32 Å². The molecular formula is C9H18ClNO. The van der Waals surface area contributed by atoms with Crippen LogP contribution in [0.4, 0.5) is 0 Å². The second kappa shape index (κ2) is 5.05. The summed E-state index contributed by atoms with van der Waals surface area (Å²) in [4.78, 5) is 0. The van der Waals surface area contributed by atoms with E-state index in [1.165, 1.54) is 0 Å². The monoisotopic (exact) mass is 191 g/mol. The molecule has 12 heavy (non-hydrogen) atoms.